The lowest BCUT2D eigenvalue weighted by Crippen LogP contribution is -3.16. The molecule has 23 heavy (non-hydrogen) atoms. The average Bonchev–Trinajstić information content (AvgIpc) is 2.92. The Hall–Kier alpha value is -1.40. The first-order valence-corrected chi connectivity index (χ1v) is 10.1. The number of quaternary nitrogens is 1. The number of amides is 1. The molecule has 1 fully saturated rings. The van der Waals surface area contributed by atoms with E-state index in [4.69, 9.17) is 0 Å². The second-order valence-corrected chi connectivity index (χ2v) is 9.06. The highest BCUT2D eigenvalue weighted by Crippen LogP contribution is 2.17. The van der Waals surface area contributed by atoms with Crippen LogP contribution < -0.4 is 4.90 Å². The zero-order chi connectivity index (χ0) is 16.6. The Kier molecular flexibility index (Phi) is 4.47. The maximum Gasteiger partial charge on any atom is 0.280 e. The van der Waals surface area contributed by atoms with Gasteiger partial charge in [-0.3, -0.25) is 4.79 Å². The number of carbonyl (C=O) groups is 1. The standard InChI is InChI=1S/C17H24N2O3S/c1-13(17(20)18(2)16-8-10-23(21,22)12-16)19-9-7-14-5-3-4-6-15(14)11-19/h3-6,13,16H,7-12H2,1-2H3/p+1/t13-,16+/m1/s1. The second-order valence-electron chi connectivity index (χ2n) is 6.83. The Morgan fingerprint density at radius 1 is 1.30 bits per heavy atom. The topological polar surface area (TPSA) is 58.9 Å². The molecule has 2 aliphatic rings. The predicted octanol–water partition coefficient (Wildman–Crippen LogP) is -0.338. The van der Waals surface area contributed by atoms with Crippen molar-refractivity contribution in [3.63, 3.8) is 0 Å². The molecule has 1 amide bonds. The van der Waals surface area contributed by atoms with Crippen molar-refractivity contribution in [2.45, 2.75) is 38.4 Å². The molecule has 126 valence electrons. The molecule has 0 aliphatic carbocycles. The minimum Gasteiger partial charge on any atom is -0.337 e. The summed E-state index contributed by atoms with van der Waals surface area (Å²) in [5, 5.41) is 0. The van der Waals surface area contributed by atoms with E-state index < -0.39 is 9.84 Å². The molecule has 3 atom stereocenters. The summed E-state index contributed by atoms with van der Waals surface area (Å²) < 4.78 is 23.3. The molecular weight excluding hydrogens is 312 g/mol. The third kappa shape index (κ3) is 3.43. The lowest BCUT2D eigenvalue weighted by Gasteiger charge is -2.33. The quantitative estimate of drug-likeness (QED) is 0.821. The fourth-order valence-electron chi connectivity index (χ4n) is 3.71. The Labute approximate surface area is 138 Å². The van der Waals surface area contributed by atoms with E-state index in [1.807, 2.05) is 13.0 Å². The van der Waals surface area contributed by atoms with Crippen molar-refractivity contribution in [1.29, 1.82) is 0 Å². The molecule has 1 saturated heterocycles. The van der Waals surface area contributed by atoms with Crippen molar-refractivity contribution in [2.24, 2.45) is 0 Å². The van der Waals surface area contributed by atoms with Gasteiger partial charge in [0.2, 0.25) is 0 Å². The number of likely N-dealkylation sites (N-methyl/N-ethyl adjacent to an activating group) is 1. The summed E-state index contributed by atoms with van der Waals surface area (Å²) in [4.78, 5) is 15.7. The second kappa shape index (κ2) is 6.24. The van der Waals surface area contributed by atoms with Gasteiger partial charge in [-0.25, -0.2) is 8.42 Å². The number of benzene rings is 1. The van der Waals surface area contributed by atoms with Crippen LogP contribution in [-0.2, 0) is 27.6 Å². The Morgan fingerprint density at radius 3 is 2.65 bits per heavy atom. The van der Waals surface area contributed by atoms with Crippen LogP contribution in [0.25, 0.3) is 0 Å². The van der Waals surface area contributed by atoms with Gasteiger partial charge in [-0.05, 0) is 18.9 Å². The van der Waals surface area contributed by atoms with E-state index in [0.717, 1.165) is 19.5 Å². The summed E-state index contributed by atoms with van der Waals surface area (Å²) >= 11 is 0. The molecule has 1 aromatic rings. The highest BCUT2D eigenvalue weighted by atomic mass is 32.2. The average molecular weight is 337 g/mol. The molecule has 1 aromatic carbocycles. The van der Waals surface area contributed by atoms with Crippen LogP contribution in [0.2, 0.25) is 0 Å². The maximum absolute atomic E-state index is 12.8. The van der Waals surface area contributed by atoms with E-state index >= 15 is 0 Å². The number of nitrogens with one attached hydrogen (secondary N) is 1. The van der Waals surface area contributed by atoms with Crippen molar-refractivity contribution >= 4 is 15.7 Å². The minimum atomic E-state index is -2.97. The Bertz CT molecular complexity index is 702. The molecule has 2 heterocycles. The third-order valence-corrected chi connectivity index (χ3v) is 7.09. The smallest absolute Gasteiger partial charge is 0.280 e. The molecule has 0 bridgehead atoms. The van der Waals surface area contributed by atoms with Gasteiger partial charge < -0.3 is 9.80 Å². The van der Waals surface area contributed by atoms with Crippen molar-refractivity contribution in [3.8, 4) is 0 Å². The van der Waals surface area contributed by atoms with E-state index in [1.165, 1.54) is 16.0 Å². The van der Waals surface area contributed by atoms with Crippen LogP contribution in [0, 0.1) is 0 Å². The fourth-order valence-corrected chi connectivity index (χ4v) is 5.49. The number of carbonyl (C=O) groups excluding carboxylic acids is 1. The Morgan fingerprint density at radius 2 is 2.00 bits per heavy atom. The lowest BCUT2D eigenvalue weighted by atomic mass is 9.98. The van der Waals surface area contributed by atoms with Gasteiger partial charge >= 0.3 is 0 Å². The number of hydrogen-bond donors (Lipinski definition) is 1. The van der Waals surface area contributed by atoms with Crippen molar-refractivity contribution < 1.29 is 18.1 Å². The molecule has 0 saturated carbocycles. The van der Waals surface area contributed by atoms with E-state index in [1.54, 1.807) is 11.9 Å². The molecule has 0 aromatic heterocycles. The van der Waals surface area contributed by atoms with Gasteiger partial charge in [0.1, 0.15) is 6.54 Å². The van der Waals surface area contributed by atoms with Gasteiger partial charge in [0.05, 0.1) is 18.1 Å². The van der Waals surface area contributed by atoms with Crippen molar-refractivity contribution in [1.82, 2.24) is 4.90 Å². The monoisotopic (exact) mass is 337 g/mol. The summed E-state index contributed by atoms with van der Waals surface area (Å²) in [7, 11) is -1.21. The normalized spacial score (nSPS) is 27.2. The largest absolute Gasteiger partial charge is 0.337 e. The summed E-state index contributed by atoms with van der Waals surface area (Å²) in [6.07, 6.45) is 1.56. The van der Waals surface area contributed by atoms with Crippen LogP contribution in [0.3, 0.4) is 0 Å². The van der Waals surface area contributed by atoms with E-state index in [2.05, 4.69) is 18.2 Å². The molecule has 0 spiro atoms. The highest BCUT2D eigenvalue weighted by Gasteiger charge is 2.37. The zero-order valence-corrected chi connectivity index (χ0v) is 14.6. The van der Waals surface area contributed by atoms with Gasteiger partial charge in [-0.1, -0.05) is 24.3 Å². The first kappa shape index (κ1) is 16.5. The molecule has 3 rings (SSSR count). The Balaban J connectivity index is 1.66. The summed E-state index contributed by atoms with van der Waals surface area (Å²) in [6, 6.07) is 8.10. The van der Waals surface area contributed by atoms with Crippen LogP contribution in [-0.4, -0.2) is 56.4 Å². The molecule has 6 heteroatoms. The number of rotatable bonds is 3. The number of hydrogen-bond acceptors (Lipinski definition) is 3. The van der Waals surface area contributed by atoms with Gasteiger partial charge in [-0.15, -0.1) is 0 Å². The molecule has 1 unspecified atom stereocenters. The van der Waals surface area contributed by atoms with Gasteiger partial charge in [0.25, 0.3) is 5.91 Å². The first-order valence-electron chi connectivity index (χ1n) is 8.26. The van der Waals surface area contributed by atoms with Crippen molar-refractivity contribution in [3.05, 3.63) is 35.4 Å². The van der Waals surface area contributed by atoms with E-state index in [0.29, 0.717) is 6.42 Å². The lowest BCUT2D eigenvalue weighted by molar-refractivity contribution is -0.930. The molecular formula is C17H25N2O3S+. The van der Waals surface area contributed by atoms with Gasteiger partial charge in [0, 0.05) is 25.1 Å². The molecule has 0 radical (unpaired) electrons. The van der Waals surface area contributed by atoms with Crippen LogP contribution in [0.5, 0.6) is 0 Å². The SMILES string of the molecule is C[C@H](C(=O)N(C)[C@H]1CCS(=O)(=O)C1)[NH+]1CCc2ccccc2C1. The third-order valence-electron chi connectivity index (χ3n) is 5.34. The van der Waals surface area contributed by atoms with Crippen LogP contribution in [0.1, 0.15) is 24.5 Å². The van der Waals surface area contributed by atoms with E-state index in [9.17, 15) is 13.2 Å². The first-order chi connectivity index (χ1) is 10.9. The van der Waals surface area contributed by atoms with E-state index in [-0.39, 0.29) is 29.5 Å². The summed E-state index contributed by atoms with van der Waals surface area (Å²) in [5.74, 6) is 0.370. The molecule has 5 nitrogen and oxygen atoms in total. The van der Waals surface area contributed by atoms with Crippen LogP contribution in [0.4, 0.5) is 0 Å². The maximum atomic E-state index is 12.8. The number of sulfone groups is 1. The zero-order valence-electron chi connectivity index (χ0n) is 13.8. The van der Waals surface area contributed by atoms with Crippen LogP contribution >= 0.6 is 0 Å². The summed E-state index contributed by atoms with van der Waals surface area (Å²) in [5.41, 5.74) is 2.70. The van der Waals surface area contributed by atoms with Gasteiger partial charge in [-0.2, -0.15) is 0 Å². The number of nitrogens with zero attached hydrogens (tertiary/aromatic N) is 1. The fraction of sp³-hybridized carbons (Fsp3) is 0.588. The van der Waals surface area contributed by atoms with Crippen molar-refractivity contribution in [2.75, 3.05) is 25.1 Å². The summed E-state index contributed by atoms with van der Waals surface area (Å²) in [6.45, 7) is 3.77. The number of fused-ring (bicyclic) bond motifs is 1. The van der Waals surface area contributed by atoms with Gasteiger partial charge in [0.15, 0.2) is 15.9 Å². The molecule has 1 N–H and O–H groups in total. The van der Waals surface area contributed by atoms with Crippen LogP contribution in [0.15, 0.2) is 24.3 Å². The highest BCUT2D eigenvalue weighted by molar-refractivity contribution is 7.91. The molecule has 2 aliphatic heterocycles. The predicted molar refractivity (Wildman–Crippen MR) is 89.0 cm³/mol. The minimum absolute atomic E-state index is 0.0569.